The van der Waals surface area contributed by atoms with Crippen molar-refractivity contribution in [3.8, 4) is 0 Å². The maximum atomic E-state index is 13.8. The van der Waals surface area contributed by atoms with Gasteiger partial charge in [0.1, 0.15) is 5.82 Å². The van der Waals surface area contributed by atoms with E-state index in [0.29, 0.717) is 11.6 Å². The summed E-state index contributed by atoms with van der Waals surface area (Å²) in [6, 6.07) is 4.10. The Labute approximate surface area is 144 Å². The van der Waals surface area contributed by atoms with Gasteiger partial charge in [-0.05, 0) is 19.2 Å². The number of carbonyl (C=O) groups excluding carboxylic acids is 1. The summed E-state index contributed by atoms with van der Waals surface area (Å²) < 4.78 is 13.8. The molecule has 6 nitrogen and oxygen atoms in total. The number of amides is 1. The molecule has 1 aromatic carbocycles. The second-order valence-electron chi connectivity index (χ2n) is 5.61. The number of anilines is 2. The minimum absolute atomic E-state index is 0.0578. The molecule has 0 atom stereocenters. The Balaban J connectivity index is 1.69. The van der Waals surface area contributed by atoms with Crippen LogP contribution in [0.5, 0.6) is 0 Å². The average molecular weight is 350 g/mol. The highest BCUT2D eigenvalue weighted by Crippen LogP contribution is 2.20. The molecule has 0 bridgehead atoms. The molecule has 126 valence electrons. The number of likely N-dealkylation sites (N-methyl/N-ethyl adjacent to an activating group) is 1. The van der Waals surface area contributed by atoms with E-state index in [-0.39, 0.29) is 10.6 Å². The Kier molecular flexibility index (Phi) is 4.92. The van der Waals surface area contributed by atoms with Gasteiger partial charge in [-0.1, -0.05) is 17.7 Å². The number of hydrogen-bond acceptors (Lipinski definition) is 5. The molecule has 1 saturated heterocycles. The Morgan fingerprint density at radius 2 is 1.88 bits per heavy atom. The van der Waals surface area contributed by atoms with Crippen LogP contribution in [0.4, 0.5) is 16.0 Å². The van der Waals surface area contributed by atoms with Crippen LogP contribution in [0.3, 0.4) is 0 Å². The molecule has 1 N–H and O–H groups in total. The van der Waals surface area contributed by atoms with Gasteiger partial charge < -0.3 is 15.1 Å². The van der Waals surface area contributed by atoms with Crippen LogP contribution in [0, 0.1) is 5.82 Å². The molecule has 2 heterocycles. The maximum Gasteiger partial charge on any atom is 0.260 e. The molecule has 3 rings (SSSR count). The van der Waals surface area contributed by atoms with Crippen LogP contribution < -0.4 is 10.2 Å². The molecule has 0 saturated carbocycles. The third kappa shape index (κ3) is 3.63. The standard InChI is InChI=1S/C16H17ClFN5O/c1-22-5-7-23(8-6-22)16-19-9-11(10-20-16)21-15(24)14-12(17)3-2-4-13(14)18/h2-4,9-10H,5-8H2,1H3,(H,21,24). The van der Waals surface area contributed by atoms with Crippen molar-refractivity contribution in [2.75, 3.05) is 43.4 Å². The molecule has 2 aromatic rings. The summed E-state index contributed by atoms with van der Waals surface area (Å²) in [4.78, 5) is 25.0. The fourth-order valence-corrected chi connectivity index (χ4v) is 2.71. The second kappa shape index (κ2) is 7.11. The van der Waals surface area contributed by atoms with Gasteiger partial charge in [0.2, 0.25) is 5.95 Å². The number of nitrogens with one attached hydrogen (secondary N) is 1. The molecule has 0 spiro atoms. The van der Waals surface area contributed by atoms with Crippen LogP contribution in [0.1, 0.15) is 10.4 Å². The monoisotopic (exact) mass is 349 g/mol. The molecule has 1 aromatic heterocycles. The number of hydrogen-bond donors (Lipinski definition) is 1. The van der Waals surface area contributed by atoms with Gasteiger partial charge in [-0.3, -0.25) is 4.79 Å². The molecule has 1 aliphatic heterocycles. The molecular formula is C16H17ClFN5O. The fraction of sp³-hybridized carbons (Fsp3) is 0.312. The van der Waals surface area contributed by atoms with E-state index in [1.807, 2.05) is 0 Å². The number of piperazine rings is 1. The van der Waals surface area contributed by atoms with E-state index in [9.17, 15) is 9.18 Å². The second-order valence-corrected chi connectivity index (χ2v) is 6.02. The molecule has 0 radical (unpaired) electrons. The van der Waals surface area contributed by atoms with Gasteiger partial charge in [-0.2, -0.15) is 0 Å². The topological polar surface area (TPSA) is 61.4 Å². The van der Waals surface area contributed by atoms with Crippen molar-refractivity contribution in [1.29, 1.82) is 0 Å². The summed E-state index contributed by atoms with van der Waals surface area (Å²) in [5.41, 5.74) is 0.194. The largest absolute Gasteiger partial charge is 0.338 e. The highest BCUT2D eigenvalue weighted by atomic mass is 35.5. The molecule has 1 fully saturated rings. The summed E-state index contributed by atoms with van der Waals surface area (Å²) in [6.45, 7) is 3.61. The van der Waals surface area contributed by atoms with Gasteiger partial charge in [0.25, 0.3) is 5.91 Å². The van der Waals surface area contributed by atoms with E-state index in [1.54, 1.807) is 0 Å². The highest BCUT2D eigenvalue weighted by molar-refractivity contribution is 6.34. The first-order valence-electron chi connectivity index (χ1n) is 7.55. The molecule has 1 aliphatic rings. The molecule has 0 aliphatic carbocycles. The van der Waals surface area contributed by atoms with Crippen molar-refractivity contribution in [2.24, 2.45) is 0 Å². The number of rotatable bonds is 3. The van der Waals surface area contributed by atoms with E-state index < -0.39 is 11.7 Å². The van der Waals surface area contributed by atoms with E-state index in [0.717, 1.165) is 26.2 Å². The summed E-state index contributed by atoms with van der Waals surface area (Å²) in [5, 5.41) is 2.62. The average Bonchev–Trinajstić information content (AvgIpc) is 2.56. The Morgan fingerprint density at radius 1 is 1.21 bits per heavy atom. The van der Waals surface area contributed by atoms with Crippen LogP contribution in [-0.2, 0) is 0 Å². The lowest BCUT2D eigenvalue weighted by molar-refractivity contribution is 0.102. The van der Waals surface area contributed by atoms with Gasteiger partial charge >= 0.3 is 0 Å². The predicted molar refractivity (Wildman–Crippen MR) is 91.1 cm³/mol. The van der Waals surface area contributed by atoms with Crippen molar-refractivity contribution < 1.29 is 9.18 Å². The van der Waals surface area contributed by atoms with E-state index in [4.69, 9.17) is 11.6 Å². The number of carbonyl (C=O) groups is 1. The van der Waals surface area contributed by atoms with Crippen LogP contribution in [0.25, 0.3) is 0 Å². The third-order valence-corrected chi connectivity index (χ3v) is 4.19. The summed E-state index contributed by atoms with van der Waals surface area (Å²) in [7, 11) is 2.07. The number of benzene rings is 1. The predicted octanol–water partition coefficient (Wildman–Crippen LogP) is 2.27. The number of nitrogens with zero attached hydrogens (tertiary/aromatic N) is 4. The lowest BCUT2D eigenvalue weighted by Gasteiger charge is -2.32. The molecule has 8 heteroatoms. The lowest BCUT2D eigenvalue weighted by atomic mass is 10.2. The van der Waals surface area contributed by atoms with Crippen LogP contribution in [-0.4, -0.2) is 54.0 Å². The molecule has 0 unspecified atom stereocenters. The minimum Gasteiger partial charge on any atom is -0.338 e. The number of halogens is 2. The summed E-state index contributed by atoms with van der Waals surface area (Å²) >= 11 is 5.89. The van der Waals surface area contributed by atoms with Gasteiger partial charge in [0.05, 0.1) is 28.7 Å². The normalized spacial score (nSPS) is 15.4. The fourth-order valence-electron chi connectivity index (χ4n) is 2.46. The molecular weight excluding hydrogens is 333 g/mol. The maximum absolute atomic E-state index is 13.8. The quantitative estimate of drug-likeness (QED) is 0.921. The Morgan fingerprint density at radius 3 is 2.50 bits per heavy atom. The van der Waals surface area contributed by atoms with Crippen LogP contribution in [0.15, 0.2) is 30.6 Å². The molecule has 24 heavy (non-hydrogen) atoms. The zero-order valence-corrected chi connectivity index (χ0v) is 13.9. The minimum atomic E-state index is -0.671. The van der Waals surface area contributed by atoms with Crippen molar-refractivity contribution in [3.63, 3.8) is 0 Å². The third-order valence-electron chi connectivity index (χ3n) is 3.87. The first kappa shape index (κ1) is 16.6. The van der Waals surface area contributed by atoms with Gasteiger partial charge in [-0.25, -0.2) is 14.4 Å². The van der Waals surface area contributed by atoms with Crippen LogP contribution in [0.2, 0.25) is 5.02 Å². The van der Waals surface area contributed by atoms with Crippen molar-refractivity contribution in [1.82, 2.24) is 14.9 Å². The number of aromatic nitrogens is 2. The van der Waals surface area contributed by atoms with Crippen molar-refractivity contribution in [3.05, 3.63) is 47.0 Å². The van der Waals surface area contributed by atoms with E-state index in [1.165, 1.54) is 30.6 Å². The highest BCUT2D eigenvalue weighted by Gasteiger charge is 2.18. The first-order valence-corrected chi connectivity index (χ1v) is 7.93. The van der Waals surface area contributed by atoms with E-state index >= 15 is 0 Å². The summed E-state index contributed by atoms with van der Waals surface area (Å²) in [6.07, 6.45) is 3.01. The zero-order valence-electron chi connectivity index (χ0n) is 13.2. The Bertz CT molecular complexity index is 711. The SMILES string of the molecule is CN1CCN(c2ncc(NC(=O)c3c(F)cccc3Cl)cn2)CC1. The van der Waals surface area contributed by atoms with E-state index in [2.05, 4.69) is 32.1 Å². The van der Waals surface area contributed by atoms with Crippen molar-refractivity contribution in [2.45, 2.75) is 0 Å². The molecule has 1 amide bonds. The Hall–Kier alpha value is -2.25. The van der Waals surface area contributed by atoms with Gasteiger partial charge in [-0.15, -0.1) is 0 Å². The smallest absolute Gasteiger partial charge is 0.260 e. The van der Waals surface area contributed by atoms with Crippen molar-refractivity contribution >= 4 is 29.1 Å². The van der Waals surface area contributed by atoms with Gasteiger partial charge in [0, 0.05) is 26.2 Å². The van der Waals surface area contributed by atoms with Gasteiger partial charge in [0.15, 0.2) is 0 Å². The van der Waals surface area contributed by atoms with Crippen LogP contribution >= 0.6 is 11.6 Å². The zero-order chi connectivity index (χ0) is 17.1. The lowest BCUT2D eigenvalue weighted by Crippen LogP contribution is -2.45. The first-order chi connectivity index (χ1) is 11.5. The summed E-state index contributed by atoms with van der Waals surface area (Å²) in [5.74, 6) is -0.686.